The van der Waals surface area contributed by atoms with E-state index in [1.807, 2.05) is 0 Å². The van der Waals surface area contributed by atoms with Gasteiger partial charge in [-0.15, -0.1) is 0 Å². The number of carbonyl (C=O) groups excluding carboxylic acids is 1. The molecule has 0 aromatic heterocycles. The number of nitrogens with zero attached hydrogens (tertiary/aromatic N) is 2. The summed E-state index contributed by atoms with van der Waals surface area (Å²) >= 11 is 4.87. The number of nitrogens with one attached hydrogen (secondary N) is 1. The van der Waals surface area contributed by atoms with Crippen LogP contribution in [-0.2, 0) is 4.79 Å². The molecule has 6 heteroatoms. The van der Waals surface area contributed by atoms with Crippen LogP contribution in [0, 0.1) is 5.92 Å². The molecular weight excluding hydrogens is 236 g/mol. The third-order valence-corrected chi connectivity index (χ3v) is 3.09. The zero-order chi connectivity index (χ0) is 13.0. The van der Waals surface area contributed by atoms with Crippen LogP contribution >= 0.6 is 12.2 Å². The fourth-order valence-corrected chi connectivity index (χ4v) is 2.21. The molecule has 0 bridgehead atoms. The Bertz CT molecular complexity index is 342. The number of aliphatic imine (C=N–C) groups is 1. The van der Waals surface area contributed by atoms with Crippen molar-refractivity contribution in [3.8, 4) is 0 Å². The van der Waals surface area contributed by atoms with Crippen LogP contribution in [0.5, 0.6) is 0 Å². The molecule has 1 aliphatic heterocycles. The topological polar surface area (TPSA) is 70.7 Å². The van der Waals surface area contributed by atoms with Crippen LogP contribution in [0.3, 0.4) is 0 Å². The van der Waals surface area contributed by atoms with Gasteiger partial charge in [-0.25, -0.2) is 4.99 Å². The van der Waals surface area contributed by atoms with E-state index in [0.717, 1.165) is 12.8 Å². The fraction of sp³-hybridized carbons (Fsp3) is 0.727. The van der Waals surface area contributed by atoms with Crippen LogP contribution in [0.25, 0.3) is 0 Å². The molecule has 1 rings (SSSR count). The van der Waals surface area contributed by atoms with Gasteiger partial charge in [-0.2, -0.15) is 0 Å². The first-order chi connectivity index (χ1) is 7.97. The SMILES string of the molecule is CNC1C(=O)N(C(N)=NC(C)=S)CCCC1C. The van der Waals surface area contributed by atoms with Crippen LogP contribution in [-0.4, -0.2) is 41.4 Å². The molecule has 17 heavy (non-hydrogen) atoms. The lowest BCUT2D eigenvalue weighted by molar-refractivity contribution is -0.129. The van der Waals surface area contributed by atoms with Gasteiger partial charge in [0.15, 0.2) is 0 Å². The molecule has 0 spiro atoms. The van der Waals surface area contributed by atoms with Crippen LogP contribution < -0.4 is 11.1 Å². The Morgan fingerprint density at radius 2 is 2.29 bits per heavy atom. The second-order valence-corrected chi connectivity index (χ2v) is 4.96. The zero-order valence-electron chi connectivity index (χ0n) is 10.6. The molecule has 1 saturated heterocycles. The van der Waals surface area contributed by atoms with Gasteiger partial charge in [-0.05, 0) is 32.7 Å². The third-order valence-electron chi connectivity index (χ3n) is 3.00. The third kappa shape index (κ3) is 3.47. The first kappa shape index (κ1) is 14.1. The largest absolute Gasteiger partial charge is 0.369 e. The number of likely N-dealkylation sites (tertiary alicyclic amines) is 1. The molecule has 1 fully saturated rings. The second kappa shape index (κ2) is 6.07. The minimum absolute atomic E-state index is 0.0185. The smallest absolute Gasteiger partial charge is 0.246 e. The van der Waals surface area contributed by atoms with Gasteiger partial charge in [0.2, 0.25) is 11.9 Å². The molecule has 96 valence electrons. The van der Waals surface area contributed by atoms with Crippen molar-refractivity contribution < 1.29 is 4.79 Å². The highest BCUT2D eigenvalue weighted by atomic mass is 32.1. The molecule has 1 amide bonds. The lowest BCUT2D eigenvalue weighted by Gasteiger charge is -2.25. The summed E-state index contributed by atoms with van der Waals surface area (Å²) in [6, 6.07) is -0.198. The van der Waals surface area contributed by atoms with Crippen molar-refractivity contribution in [2.75, 3.05) is 13.6 Å². The van der Waals surface area contributed by atoms with Crippen LogP contribution in [0.1, 0.15) is 26.7 Å². The van der Waals surface area contributed by atoms with Gasteiger partial charge in [0, 0.05) is 6.54 Å². The summed E-state index contributed by atoms with van der Waals surface area (Å²) in [7, 11) is 1.79. The second-order valence-electron chi connectivity index (χ2n) is 4.36. The first-order valence-electron chi connectivity index (χ1n) is 5.80. The molecule has 0 aromatic carbocycles. The van der Waals surface area contributed by atoms with Crippen molar-refractivity contribution in [1.82, 2.24) is 10.2 Å². The monoisotopic (exact) mass is 256 g/mol. The molecule has 0 saturated carbocycles. The van der Waals surface area contributed by atoms with Gasteiger partial charge in [0.05, 0.1) is 6.04 Å². The maximum Gasteiger partial charge on any atom is 0.246 e. The molecule has 0 radical (unpaired) electrons. The Morgan fingerprint density at radius 1 is 1.65 bits per heavy atom. The minimum Gasteiger partial charge on any atom is -0.369 e. The molecule has 2 unspecified atom stereocenters. The summed E-state index contributed by atoms with van der Waals surface area (Å²) in [6.07, 6.45) is 1.93. The summed E-state index contributed by atoms with van der Waals surface area (Å²) in [5.41, 5.74) is 5.81. The number of guanidine groups is 1. The standard InChI is InChI=1S/C11H20N4OS/c1-7-5-4-6-15(10(16)9(7)13-3)11(12)14-8(2)17/h7,9,13H,4-6H2,1-3H3,(H2,12,14,17). The van der Waals surface area contributed by atoms with Crippen molar-refractivity contribution >= 4 is 29.1 Å². The number of nitrogens with two attached hydrogens (primary N) is 1. The van der Waals surface area contributed by atoms with E-state index in [1.54, 1.807) is 14.0 Å². The number of rotatable bonds is 1. The molecule has 5 nitrogen and oxygen atoms in total. The maximum atomic E-state index is 12.3. The van der Waals surface area contributed by atoms with Crippen molar-refractivity contribution in [2.24, 2.45) is 16.6 Å². The van der Waals surface area contributed by atoms with Gasteiger partial charge in [-0.1, -0.05) is 19.1 Å². The first-order valence-corrected chi connectivity index (χ1v) is 6.21. The van der Waals surface area contributed by atoms with Crippen LogP contribution in [0.2, 0.25) is 0 Å². The zero-order valence-corrected chi connectivity index (χ0v) is 11.4. The molecule has 2 atom stereocenters. The average molecular weight is 256 g/mol. The predicted octanol–water partition coefficient (Wildman–Crippen LogP) is 0.495. The van der Waals surface area contributed by atoms with Crippen molar-refractivity contribution in [2.45, 2.75) is 32.7 Å². The summed E-state index contributed by atoms with van der Waals surface area (Å²) in [6.45, 7) is 4.36. The highest BCUT2D eigenvalue weighted by molar-refractivity contribution is 7.80. The van der Waals surface area contributed by atoms with Gasteiger partial charge >= 0.3 is 0 Å². The Balaban J connectivity index is 2.92. The summed E-state index contributed by atoms with van der Waals surface area (Å²) < 4.78 is 0. The number of hydrogen-bond acceptors (Lipinski definition) is 3. The number of amides is 1. The molecule has 0 aliphatic carbocycles. The predicted molar refractivity (Wildman–Crippen MR) is 72.9 cm³/mol. The molecular formula is C11H20N4OS. The highest BCUT2D eigenvalue weighted by Gasteiger charge is 2.32. The van der Waals surface area contributed by atoms with Crippen LogP contribution in [0.15, 0.2) is 4.99 Å². The van der Waals surface area contributed by atoms with Crippen LogP contribution in [0.4, 0.5) is 0 Å². The average Bonchev–Trinajstić information content (AvgIpc) is 2.36. The molecule has 1 heterocycles. The number of carbonyl (C=O) groups is 1. The molecule has 3 N–H and O–H groups in total. The lowest BCUT2D eigenvalue weighted by atomic mass is 9.98. The highest BCUT2D eigenvalue weighted by Crippen LogP contribution is 2.18. The van der Waals surface area contributed by atoms with E-state index >= 15 is 0 Å². The number of likely N-dealkylation sites (N-methyl/N-ethyl adjacent to an activating group) is 1. The van der Waals surface area contributed by atoms with E-state index in [0.29, 0.717) is 17.5 Å². The van der Waals surface area contributed by atoms with Gasteiger partial charge in [-0.3, -0.25) is 9.69 Å². The van der Waals surface area contributed by atoms with Gasteiger partial charge in [0.25, 0.3) is 0 Å². The van der Waals surface area contributed by atoms with E-state index < -0.39 is 0 Å². The van der Waals surface area contributed by atoms with E-state index in [9.17, 15) is 4.79 Å². The van der Waals surface area contributed by atoms with Crippen molar-refractivity contribution in [3.05, 3.63) is 0 Å². The van der Waals surface area contributed by atoms with E-state index in [1.165, 1.54) is 4.90 Å². The summed E-state index contributed by atoms with van der Waals surface area (Å²) in [4.78, 5) is 18.2. The van der Waals surface area contributed by atoms with Gasteiger partial charge in [0.1, 0.15) is 4.99 Å². The van der Waals surface area contributed by atoms with Crippen molar-refractivity contribution in [1.29, 1.82) is 0 Å². The van der Waals surface area contributed by atoms with Gasteiger partial charge < -0.3 is 11.1 Å². The fourth-order valence-electron chi connectivity index (χ4n) is 2.12. The molecule has 1 aliphatic rings. The summed E-state index contributed by atoms with van der Waals surface area (Å²) in [5, 5.41) is 3.05. The Labute approximate surface area is 107 Å². The Kier molecular flexibility index (Phi) is 5.02. The van der Waals surface area contributed by atoms with E-state index in [4.69, 9.17) is 18.0 Å². The van der Waals surface area contributed by atoms with E-state index in [2.05, 4.69) is 17.2 Å². The summed E-state index contributed by atoms with van der Waals surface area (Å²) in [5.74, 6) is 0.491. The number of hydrogen-bond donors (Lipinski definition) is 2. The van der Waals surface area contributed by atoms with E-state index in [-0.39, 0.29) is 17.9 Å². The normalized spacial score (nSPS) is 26.9. The Hall–Kier alpha value is -1.01. The quantitative estimate of drug-likeness (QED) is 0.407. The Morgan fingerprint density at radius 3 is 2.82 bits per heavy atom. The van der Waals surface area contributed by atoms with Crippen molar-refractivity contribution in [3.63, 3.8) is 0 Å². The molecule has 0 aromatic rings. The number of thiocarbonyl (C=S) groups is 1. The minimum atomic E-state index is -0.198. The maximum absolute atomic E-state index is 12.3. The lowest BCUT2D eigenvalue weighted by Crippen LogP contribution is -2.51.